The second kappa shape index (κ2) is 6.03. The van der Waals surface area contributed by atoms with Crippen LogP contribution in [0.5, 0.6) is 0 Å². The molecule has 0 saturated heterocycles. The molecule has 1 aromatic rings. The Balaban J connectivity index is 2.03. The van der Waals surface area contributed by atoms with Crippen molar-refractivity contribution in [3.05, 3.63) is 41.5 Å². The Morgan fingerprint density at radius 1 is 1.20 bits per heavy atom. The summed E-state index contributed by atoms with van der Waals surface area (Å²) in [5.41, 5.74) is 4.47. The molecule has 1 aliphatic carbocycles. The molecule has 0 amide bonds. The Kier molecular flexibility index (Phi) is 4.57. The van der Waals surface area contributed by atoms with Crippen LogP contribution in [0.25, 0.3) is 0 Å². The highest BCUT2D eigenvalue weighted by Gasteiger charge is 2.20. The van der Waals surface area contributed by atoms with Gasteiger partial charge in [0.15, 0.2) is 0 Å². The summed E-state index contributed by atoms with van der Waals surface area (Å²) >= 11 is 0. The topological polar surface area (TPSA) is 12.0 Å². The SMILES string of the molecule is CC1=CC(C)CC(CNc2ccccc2C(C)(C)C)C1. The molecule has 0 fully saturated rings. The first-order chi connectivity index (χ1) is 9.36. The molecular formula is C19H29N. The second-order valence-electron chi connectivity index (χ2n) is 7.47. The molecule has 1 nitrogen and oxygen atoms in total. The molecule has 1 aromatic carbocycles. The number of nitrogens with one attached hydrogen (secondary N) is 1. The predicted octanol–water partition coefficient (Wildman–Crippen LogP) is 5.39. The molecular weight excluding hydrogens is 242 g/mol. The third-order valence-corrected chi connectivity index (χ3v) is 4.20. The van der Waals surface area contributed by atoms with Gasteiger partial charge in [0.05, 0.1) is 0 Å². The van der Waals surface area contributed by atoms with Gasteiger partial charge in [-0.25, -0.2) is 0 Å². The Bertz CT molecular complexity index is 479. The van der Waals surface area contributed by atoms with Crippen molar-refractivity contribution in [2.45, 2.75) is 52.9 Å². The van der Waals surface area contributed by atoms with Crippen molar-refractivity contribution >= 4 is 5.69 Å². The molecule has 0 radical (unpaired) electrons. The normalized spacial score (nSPS) is 23.4. The lowest BCUT2D eigenvalue weighted by Gasteiger charge is -2.28. The monoisotopic (exact) mass is 271 g/mol. The predicted molar refractivity (Wildman–Crippen MR) is 89.3 cm³/mol. The maximum atomic E-state index is 3.70. The summed E-state index contributed by atoms with van der Waals surface area (Å²) in [6.45, 7) is 12.5. The maximum Gasteiger partial charge on any atom is 0.0378 e. The number of benzene rings is 1. The fourth-order valence-corrected chi connectivity index (χ4v) is 3.39. The Morgan fingerprint density at radius 2 is 1.90 bits per heavy atom. The van der Waals surface area contributed by atoms with Crippen molar-refractivity contribution in [1.82, 2.24) is 0 Å². The standard InChI is InChI=1S/C19H29N/c1-14-10-15(2)12-16(11-14)13-20-18-9-7-6-8-17(18)19(3,4)5/h6-10,14,16,20H,11-13H2,1-5H3. The molecule has 20 heavy (non-hydrogen) atoms. The third-order valence-electron chi connectivity index (χ3n) is 4.20. The van der Waals surface area contributed by atoms with Gasteiger partial charge in [-0.15, -0.1) is 0 Å². The first kappa shape index (κ1) is 15.2. The average molecular weight is 271 g/mol. The molecule has 1 aliphatic rings. The van der Waals surface area contributed by atoms with Crippen LogP contribution in [-0.2, 0) is 5.41 Å². The van der Waals surface area contributed by atoms with Crippen LogP contribution >= 0.6 is 0 Å². The molecule has 0 saturated carbocycles. The van der Waals surface area contributed by atoms with E-state index in [0.29, 0.717) is 0 Å². The molecule has 1 heteroatoms. The van der Waals surface area contributed by atoms with Crippen molar-refractivity contribution < 1.29 is 0 Å². The number of anilines is 1. The van der Waals surface area contributed by atoms with Crippen LogP contribution in [0.4, 0.5) is 5.69 Å². The van der Waals surface area contributed by atoms with E-state index < -0.39 is 0 Å². The van der Waals surface area contributed by atoms with Gasteiger partial charge < -0.3 is 5.32 Å². The van der Waals surface area contributed by atoms with Gasteiger partial charge in [-0.3, -0.25) is 0 Å². The molecule has 0 bridgehead atoms. The van der Waals surface area contributed by atoms with Crippen LogP contribution in [0.15, 0.2) is 35.9 Å². The number of hydrogen-bond donors (Lipinski definition) is 1. The lowest BCUT2D eigenvalue weighted by molar-refractivity contribution is 0.421. The van der Waals surface area contributed by atoms with E-state index in [1.165, 1.54) is 24.1 Å². The molecule has 2 unspecified atom stereocenters. The van der Waals surface area contributed by atoms with Crippen LogP contribution in [0, 0.1) is 11.8 Å². The van der Waals surface area contributed by atoms with Gasteiger partial charge in [0.1, 0.15) is 0 Å². The number of rotatable bonds is 3. The first-order valence-electron chi connectivity index (χ1n) is 7.87. The smallest absolute Gasteiger partial charge is 0.0378 e. The highest BCUT2D eigenvalue weighted by Crippen LogP contribution is 2.31. The largest absolute Gasteiger partial charge is 0.385 e. The minimum Gasteiger partial charge on any atom is -0.385 e. The van der Waals surface area contributed by atoms with Crippen LogP contribution in [-0.4, -0.2) is 6.54 Å². The first-order valence-corrected chi connectivity index (χ1v) is 7.87. The van der Waals surface area contributed by atoms with E-state index in [2.05, 4.69) is 70.3 Å². The highest BCUT2D eigenvalue weighted by atomic mass is 14.9. The molecule has 0 heterocycles. The van der Waals surface area contributed by atoms with Crippen molar-refractivity contribution in [3.63, 3.8) is 0 Å². The van der Waals surface area contributed by atoms with E-state index in [1.807, 2.05) is 0 Å². The number of para-hydroxylation sites is 1. The fourth-order valence-electron chi connectivity index (χ4n) is 3.39. The Labute approximate surface area is 124 Å². The minimum atomic E-state index is 0.194. The quantitative estimate of drug-likeness (QED) is 0.727. The summed E-state index contributed by atoms with van der Waals surface area (Å²) in [6, 6.07) is 8.74. The molecule has 0 aliphatic heterocycles. The molecule has 1 N–H and O–H groups in total. The van der Waals surface area contributed by atoms with Crippen LogP contribution in [0.1, 0.15) is 53.0 Å². The van der Waals surface area contributed by atoms with Gasteiger partial charge in [-0.1, -0.05) is 57.5 Å². The Morgan fingerprint density at radius 3 is 2.55 bits per heavy atom. The van der Waals surface area contributed by atoms with Gasteiger partial charge in [-0.05, 0) is 48.6 Å². The van der Waals surface area contributed by atoms with Crippen molar-refractivity contribution in [2.24, 2.45) is 11.8 Å². The van der Waals surface area contributed by atoms with E-state index in [1.54, 1.807) is 5.57 Å². The zero-order valence-electron chi connectivity index (χ0n) is 13.7. The van der Waals surface area contributed by atoms with E-state index in [9.17, 15) is 0 Å². The fraction of sp³-hybridized carbons (Fsp3) is 0.579. The minimum absolute atomic E-state index is 0.194. The molecule has 110 valence electrons. The zero-order chi connectivity index (χ0) is 14.8. The van der Waals surface area contributed by atoms with E-state index in [-0.39, 0.29) is 5.41 Å². The third kappa shape index (κ3) is 3.88. The summed E-state index contributed by atoms with van der Waals surface area (Å²) in [5, 5.41) is 3.70. The summed E-state index contributed by atoms with van der Waals surface area (Å²) in [7, 11) is 0. The second-order valence-corrected chi connectivity index (χ2v) is 7.47. The molecule has 2 rings (SSSR count). The van der Waals surface area contributed by atoms with Gasteiger partial charge in [0.25, 0.3) is 0 Å². The van der Waals surface area contributed by atoms with E-state index >= 15 is 0 Å². The van der Waals surface area contributed by atoms with Gasteiger partial charge in [0, 0.05) is 12.2 Å². The summed E-state index contributed by atoms with van der Waals surface area (Å²) in [5.74, 6) is 1.50. The lowest BCUT2D eigenvalue weighted by atomic mass is 9.83. The van der Waals surface area contributed by atoms with Gasteiger partial charge in [0.2, 0.25) is 0 Å². The Hall–Kier alpha value is -1.24. The maximum absolute atomic E-state index is 3.70. The molecule has 0 aromatic heterocycles. The van der Waals surface area contributed by atoms with Gasteiger partial charge in [-0.2, -0.15) is 0 Å². The van der Waals surface area contributed by atoms with E-state index in [0.717, 1.165) is 18.4 Å². The molecule has 0 spiro atoms. The summed E-state index contributed by atoms with van der Waals surface area (Å²) < 4.78 is 0. The van der Waals surface area contributed by atoms with Gasteiger partial charge >= 0.3 is 0 Å². The number of allylic oxidation sites excluding steroid dienone is 2. The van der Waals surface area contributed by atoms with E-state index in [4.69, 9.17) is 0 Å². The highest BCUT2D eigenvalue weighted by molar-refractivity contribution is 5.54. The van der Waals surface area contributed by atoms with Crippen molar-refractivity contribution in [3.8, 4) is 0 Å². The van der Waals surface area contributed by atoms with Crippen molar-refractivity contribution in [2.75, 3.05) is 11.9 Å². The van der Waals surface area contributed by atoms with Crippen LogP contribution in [0.2, 0.25) is 0 Å². The van der Waals surface area contributed by atoms with Crippen LogP contribution in [0.3, 0.4) is 0 Å². The summed E-state index contributed by atoms with van der Waals surface area (Å²) in [6.07, 6.45) is 4.98. The summed E-state index contributed by atoms with van der Waals surface area (Å²) in [4.78, 5) is 0. The zero-order valence-corrected chi connectivity index (χ0v) is 13.7. The molecule has 2 atom stereocenters. The van der Waals surface area contributed by atoms with Crippen molar-refractivity contribution in [1.29, 1.82) is 0 Å². The average Bonchev–Trinajstić information content (AvgIpc) is 2.34. The van der Waals surface area contributed by atoms with Crippen LogP contribution < -0.4 is 5.32 Å². The number of hydrogen-bond acceptors (Lipinski definition) is 1. The lowest BCUT2D eigenvalue weighted by Crippen LogP contribution is -2.22.